The van der Waals surface area contributed by atoms with Crippen LogP contribution in [0.25, 0.3) is 11.2 Å². The van der Waals surface area contributed by atoms with Crippen molar-refractivity contribution in [3.05, 3.63) is 48.1 Å². The van der Waals surface area contributed by atoms with Crippen LogP contribution in [0.1, 0.15) is 5.56 Å². The summed E-state index contributed by atoms with van der Waals surface area (Å²) < 4.78 is 34.2. The number of aromatic nitrogens is 4. The molecule has 1 fully saturated rings. The van der Waals surface area contributed by atoms with Crippen LogP contribution in [-0.2, 0) is 11.3 Å². The van der Waals surface area contributed by atoms with Crippen LogP contribution >= 0.6 is 0 Å². The third kappa shape index (κ3) is 3.25. The van der Waals surface area contributed by atoms with Crippen molar-refractivity contribution >= 4 is 22.7 Å². The Morgan fingerprint density at radius 1 is 1.00 bits per heavy atom. The third-order valence-corrected chi connectivity index (χ3v) is 4.13. The highest BCUT2D eigenvalue weighted by Gasteiger charge is 2.20. The first-order valence-electron chi connectivity index (χ1n) is 8.18. The molecule has 3 aromatic rings. The highest BCUT2D eigenvalue weighted by molar-refractivity contribution is 5.81. The SMILES string of the molecule is Fc1cc(CNc2ncnc3nccnc23)cc(F)c1N1CCOCC1. The maximum absolute atomic E-state index is 14.5. The van der Waals surface area contributed by atoms with Gasteiger partial charge in [0.2, 0.25) is 0 Å². The van der Waals surface area contributed by atoms with Gasteiger partial charge in [0.1, 0.15) is 29.2 Å². The van der Waals surface area contributed by atoms with E-state index in [2.05, 4.69) is 25.3 Å². The molecular formula is C17H16F2N6O. The van der Waals surface area contributed by atoms with Crippen molar-refractivity contribution in [1.82, 2.24) is 19.9 Å². The third-order valence-electron chi connectivity index (χ3n) is 4.13. The van der Waals surface area contributed by atoms with Crippen molar-refractivity contribution in [2.75, 3.05) is 36.5 Å². The average Bonchev–Trinajstić information content (AvgIpc) is 2.67. The summed E-state index contributed by atoms with van der Waals surface area (Å²) in [5, 5.41) is 3.04. The molecule has 0 atom stereocenters. The predicted octanol–water partition coefficient (Wildman–Crippen LogP) is 2.15. The molecule has 1 aliphatic heterocycles. The van der Waals surface area contributed by atoms with Crippen molar-refractivity contribution in [2.24, 2.45) is 0 Å². The predicted molar refractivity (Wildman–Crippen MR) is 91.8 cm³/mol. The van der Waals surface area contributed by atoms with E-state index in [1.54, 1.807) is 4.90 Å². The van der Waals surface area contributed by atoms with Gasteiger partial charge in [0.25, 0.3) is 0 Å². The zero-order chi connectivity index (χ0) is 17.9. The van der Waals surface area contributed by atoms with E-state index in [-0.39, 0.29) is 12.2 Å². The molecule has 134 valence electrons. The summed E-state index contributed by atoms with van der Waals surface area (Å²) in [4.78, 5) is 18.1. The van der Waals surface area contributed by atoms with Crippen molar-refractivity contribution in [1.29, 1.82) is 0 Å². The molecule has 1 N–H and O–H groups in total. The average molecular weight is 358 g/mol. The minimum Gasteiger partial charge on any atom is -0.378 e. The van der Waals surface area contributed by atoms with Crippen molar-refractivity contribution in [3.63, 3.8) is 0 Å². The standard InChI is InChI=1S/C17H16F2N6O/c18-12-7-11(8-13(19)15(12)25-3-5-26-6-4-25)9-22-17-14-16(23-10-24-17)21-2-1-20-14/h1-2,7-8,10H,3-6,9H2,(H,21,22,23,24). The van der Waals surface area contributed by atoms with E-state index in [0.29, 0.717) is 48.8 Å². The lowest BCUT2D eigenvalue weighted by Crippen LogP contribution is -2.37. The van der Waals surface area contributed by atoms with E-state index in [1.165, 1.54) is 30.9 Å². The van der Waals surface area contributed by atoms with E-state index in [0.717, 1.165) is 0 Å². The molecule has 26 heavy (non-hydrogen) atoms. The fraction of sp³-hybridized carbons (Fsp3) is 0.294. The molecule has 4 rings (SSSR count). The molecule has 0 unspecified atom stereocenters. The second-order valence-electron chi connectivity index (χ2n) is 5.81. The second-order valence-corrected chi connectivity index (χ2v) is 5.81. The smallest absolute Gasteiger partial charge is 0.183 e. The van der Waals surface area contributed by atoms with Gasteiger partial charge in [-0.15, -0.1) is 0 Å². The number of anilines is 2. The molecular weight excluding hydrogens is 342 g/mol. The van der Waals surface area contributed by atoms with Crippen LogP contribution in [0.2, 0.25) is 0 Å². The minimum atomic E-state index is -0.587. The van der Waals surface area contributed by atoms with Crippen LogP contribution < -0.4 is 10.2 Å². The van der Waals surface area contributed by atoms with E-state index in [1.807, 2.05) is 0 Å². The summed E-state index contributed by atoms with van der Waals surface area (Å²) in [5.74, 6) is -0.715. The minimum absolute atomic E-state index is 0.00426. The van der Waals surface area contributed by atoms with Gasteiger partial charge in [0, 0.05) is 32.0 Å². The maximum atomic E-state index is 14.5. The van der Waals surface area contributed by atoms with Crippen LogP contribution in [0, 0.1) is 11.6 Å². The van der Waals surface area contributed by atoms with Crippen LogP contribution in [0.15, 0.2) is 30.9 Å². The zero-order valence-corrected chi connectivity index (χ0v) is 13.8. The highest BCUT2D eigenvalue weighted by atomic mass is 19.1. The molecule has 7 nitrogen and oxygen atoms in total. The second kappa shape index (κ2) is 7.12. The Morgan fingerprint density at radius 3 is 2.50 bits per heavy atom. The topological polar surface area (TPSA) is 76.1 Å². The Kier molecular flexibility index (Phi) is 4.53. The molecule has 3 heterocycles. The molecule has 0 amide bonds. The first kappa shape index (κ1) is 16.5. The summed E-state index contributed by atoms with van der Waals surface area (Å²) in [6.45, 7) is 2.06. The molecule has 1 aliphatic rings. The van der Waals surface area contributed by atoms with Crippen LogP contribution in [0.5, 0.6) is 0 Å². The lowest BCUT2D eigenvalue weighted by molar-refractivity contribution is 0.122. The number of nitrogens with zero attached hydrogens (tertiary/aromatic N) is 5. The normalized spacial score (nSPS) is 14.6. The van der Waals surface area contributed by atoms with Crippen LogP contribution in [-0.4, -0.2) is 46.2 Å². The van der Waals surface area contributed by atoms with Gasteiger partial charge in [0.15, 0.2) is 11.5 Å². The van der Waals surface area contributed by atoms with E-state index in [4.69, 9.17) is 4.74 Å². The molecule has 0 saturated carbocycles. The summed E-state index contributed by atoms with van der Waals surface area (Å²) in [7, 11) is 0. The Hall–Kier alpha value is -2.94. The van der Waals surface area contributed by atoms with Crippen LogP contribution in [0.4, 0.5) is 20.3 Å². The number of hydrogen-bond acceptors (Lipinski definition) is 7. The summed E-state index contributed by atoms with van der Waals surface area (Å²) in [6, 6.07) is 2.66. The van der Waals surface area contributed by atoms with Crippen molar-refractivity contribution in [2.45, 2.75) is 6.54 Å². The van der Waals surface area contributed by atoms with Gasteiger partial charge >= 0.3 is 0 Å². The fourth-order valence-corrected chi connectivity index (χ4v) is 2.92. The number of morpholine rings is 1. The Morgan fingerprint density at radius 2 is 1.73 bits per heavy atom. The molecule has 9 heteroatoms. The highest BCUT2D eigenvalue weighted by Crippen LogP contribution is 2.26. The quantitative estimate of drug-likeness (QED) is 0.766. The van der Waals surface area contributed by atoms with Gasteiger partial charge < -0.3 is 15.0 Å². The molecule has 0 bridgehead atoms. The van der Waals surface area contributed by atoms with E-state index in [9.17, 15) is 8.78 Å². The van der Waals surface area contributed by atoms with Gasteiger partial charge in [-0.05, 0) is 17.7 Å². The Balaban J connectivity index is 1.55. The first-order valence-corrected chi connectivity index (χ1v) is 8.18. The molecule has 1 aromatic carbocycles. The number of halogens is 2. The number of rotatable bonds is 4. The van der Waals surface area contributed by atoms with Crippen molar-refractivity contribution in [3.8, 4) is 0 Å². The number of fused-ring (bicyclic) bond motifs is 1. The maximum Gasteiger partial charge on any atom is 0.183 e. The van der Waals surface area contributed by atoms with Gasteiger partial charge in [-0.1, -0.05) is 0 Å². The number of ether oxygens (including phenoxy) is 1. The summed E-state index contributed by atoms with van der Waals surface area (Å²) in [6.07, 6.45) is 4.43. The Bertz CT molecular complexity index is 904. The molecule has 2 aromatic heterocycles. The number of benzene rings is 1. The van der Waals surface area contributed by atoms with Crippen LogP contribution in [0.3, 0.4) is 0 Å². The van der Waals surface area contributed by atoms with E-state index >= 15 is 0 Å². The molecule has 0 spiro atoms. The van der Waals surface area contributed by atoms with Gasteiger partial charge in [-0.2, -0.15) is 0 Å². The van der Waals surface area contributed by atoms with Gasteiger partial charge in [0.05, 0.1) is 13.2 Å². The summed E-state index contributed by atoms with van der Waals surface area (Å²) >= 11 is 0. The lowest BCUT2D eigenvalue weighted by Gasteiger charge is -2.29. The fourth-order valence-electron chi connectivity index (χ4n) is 2.92. The molecule has 0 radical (unpaired) electrons. The monoisotopic (exact) mass is 358 g/mol. The lowest BCUT2D eigenvalue weighted by atomic mass is 10.1. The van der Waals surface area contributed by atoms with Crippen molar-refractivity contribution < 1.29 is 13.5 Å². The van der Waals surface area contributed by atoms with Gasteiger partial charge in [-0.25, -0.2) is 28.7 Å². The Labute approximate surface area is 148 Å². The number of hydrogen-bond donors (Lipinski definition) is 1. The largest absolute Gasteiger partial charge is 0.378 e. The molecule has 1 saturated heterocycles. The first-order chi connectivity index (χ1) is 12.7. The van der Waals surface area contributed by atoms with Gasteiger partial charge in [-0.3, -0.25) is 0 Å². The number of nitrogens with one attached hydrogen (secondary N) is 1. The summed E-state index contributed by atoms with van der Waals surface area (Å²) in [5.41, 5.74) is 1.41. The zero-order valence-electron chi connectivity index (χ0n) is 13.8. The molecule has 0 aliphatic carbocycles. The van der Waals surface area contributed by atoms with E-state index < -0.39 is 11.6 Å².